The van der Waals surface area contributed by atoms with Gasteiger partial charge in [-0.3, -0.25) is 9.80 Å². The minimum absolute atomic E-state index is 0.746. The number of ether oxygens (including phenoxy) is 3. The molecule has 6 rings (SSSR count). The van der Waals surface area contributed by atoms with Crippen LogP contribution >= 0.6 is 11.3 Å². The van der Waals surface area contributed by atoms with Crippen molar-refractivity contribution in [1.29, 1.82) is 0 Å². The number of thiophene rings is 1. The molecule has 4 aromatic rings. The molecule has 40 heavy (non-hydrogen) atoms. The summed E-state index contributed by atoms with van der Waals surface area (Å²) in [4.78, 5) is 6.26. The minimum Gasteiger partial charge on any atom is -0.496 e. The van der Waals surface area contributed by atoms with Gasteiger partial charge in [-0.2, -0.15) is 0 Å². The Balaban J connectivity index is 1.23. The van der Waals surface area contributed by atoms with Gasteiger partial charge >= 0.3 is 0 Å². The molecule has 0 radical (unpaired) electrons. The molecule has 0 spiro atoms. The summed E-state index contributed by atoms with van der Waals surface area (Å²) in [5.74, 6) is 1.92. The van der Waals surface area contributed by atoms with Gasteiger partial charge in [0, 0.05) is 41.3 Å². The first kappa shape index (κ1) is 27.3. The van der Waals surface area contributed by atoms with Crippen molar-refractivity contribution in [3.8, 4) is 21.9 Å². The van der Waals surface area contributed by atoms with Crippen LogP contribution in [0.1, 0.15) is 35.1 Å². The number of benzene rings is 3. The quantitative estimate of drug-likeness (QED) is 0.215. The van der Waals surface area contributed by atoms with Crippen molar-refractivity contribution in [2.45, 2.75) is 32.7 Å². The Hall–Kier alpha value is -2.90. The first-order chi connectivity index (χ1) is 19.7. The Morgan fingerprint density at radius 1 is 0.875 bits per heavy atom. The van der Waals surface area contributed by atoms with Gasteiger partial charge in [0.25, 0.3) is 0 Å². The van der Waals surface area contributed by atoms with Gasteiger partial charge < -0.3 is 14.2 Å². The van der Waals surface area contributed by atoms with Gasteiger partial charge in [-0.15, -0.1) is 11.3 Å². The summed E-state index contributed by atoms with van der Waals surface area (Å²) in [5, 5.41) is 1.34. The highest BCUT2D eigenvalue weighted by Crippen LogP contribution is 2.41. The molecule has 2 aliphatic heterocycles. The van der Waals surface area contributed by atoms with Gasteiger partial charge in [0.15, 0.2) is 0 Å². The molecule has 0 atom stereocenters. The van der Waals surface area contributed by atoms with Crippen molar-refractivity contribution in [1.82, 2.24) is 9.80 Å². The molecule has 5 nitrogen and oxygen atoms in total. The molecule has 0 bridgehead atoms. The lowest BCUT2D eigenvalue weighted by atomic mass is 9.97. The third-order valence-electron chi connectivity index (χ3n) is 8.17. The van der Waals surface area contributed by atoms with Gasteiger partial charge in [-0.25, -0.2) is 0 Å². The van der Waals surface area contributed by atoms with E-state index in [4.69, 9.17) is 14.2 Å². The number of fused-ring (bicyclic) bond motifs is 1. The Kier molecular flexibility index (Phi) is 8.68. The molecule has 2 saturated heterocycles. The van der Waals surface area contributed by atoms with Crippen LogP contribution < -0.4 is 9.47 Å². The topological polar surface area (TPSA) is 34.2 Å². The summed E-state index contributed by atoms with van der Waals surface area (Å²) in [6, 6.07) is 22.3. The number of hydrogen-bond donors (Lipinski definition) is 0. The van der Waals surface area contributed by atoms with Crippen LogP contribution in [-0.4, -0.2) is 69.5 Å². The number of nitrogens with zero attached hydrogens (tertiary/aromatic N) is 2. The first-order valence-corrected chi connectivity index (χ1v) is 15.4. The van der Waals surface area contributed by atoms with E-state index in [1.165, 1.54) is 68.7 Å². The normalized spacial score (nSPS) is 16.6. The number of hydrogen-bond acceptors (Lipinski definition) is 6. The smallest absolute Gasteiger partial charge is 0.123 e. The molecule has 0 N–H and O–H groups in total. The molecule has 1 aromatic heterocycles. The Labute approximate surface area is 242 Å². The van der Waals surface area contributed by atoms with Gasteiger partial charge in [-0.1, -0.05) is 24.3 Å². The monoisotopic (exact) mass is 556 g/mol. The molecule has 0 aliphatic carbocycles. The predicted molar refractivity (Wildman–Crippen MR) is 165 cm³/mol. The second-order valence-electron chi connectivity index (χ2n) is 11.0. The number of methoxy groups -OCH3 is 1. The number of morpholine rings is 1. The average Bonchev–Trinajstić information content (AvgIpc) is 3.63. The van der Waals surface area contributed by atoms with E-state index in [2.05, 4.69) is 77.4 Å². The van der Waals surface area contributed by atoms with Gasteiger partial charge in [0.05, 0.1) is 20.3 Å². The second kappa shape index (κ2) is 12.7. The number of aryl methyl sites for hydroxylation is 1. The van der Waals surface area contributed by atoms with E-state index in [0.717, 1.165) is 63.9 Å². The van der Waals surface area contributed by atoms with E-state index in [1.807, 2.05) is 11.3 Å². The van der Waals surface area contributed by atoms with Crippen LogP contribution in [0.3, 0.4) is 0 Å². The maximum Gasteiger partial charge on any atom is 0.123 e. The third-order valence-corrected chi connectivity index (χ3v) is 9.41. The molecule has 0 unspecified atom stereocenters. The zero-order chi connectivity index (χ0) is 27.3. The fraction of sp³-hybridized carbons (Fsp3) is 0.412. The zero-order valence-electron chi connectivity index (χ0n) is 23.8. The van der Waals surface area contributed by atoms with E-state index in [-0.39, 0.29) is 0 Å². The van der Waals surface area contributed by atoms with Crippen molar-refractivity contribution in [2.24, 2.45) is 0 Å². The summed E-state index contributed by atoms with van der Waals surface area (Å²) in [7, 11) is 1.78. The highest BCUT2D eigenvalue weighted by Gasteiger charge is 2.18. The molecule has 3 heterocycles. The lowest BCUT2D eigenvalue weighted by Crippen LogP contribution is -2.35. The van der Waals surface area contributed by atoms with Crippen molar-refractivity contribution < 1.29 is 14.2 Å². The molecule has 6 heteroatoms. The lowest BCUT2D eigenvalue weighted by molar-refractivity contribution is 0.0339. The van der Waals surface area contributed by atoms with E-state index in [9.17, 15) is 0 Å². The molecule has 3 aromatic carbocycles. The van der Waals surface area contributed by atoms with Crippen molar-refractivity contribution in [3.63, 3.8) is 0 Å². The molecule has 2 aliphatic rings. The zero-order valence-corrected chi connectivity index (χ0v) is 24.6. The van der Waals surface area contributed by atoms with E-state index in [0.29, 0.717) is 0 Å². The predicted octanol–water partition coefficient (Wildman–Crippen LogP) is 6.78. The van der Waals surface area contributed by atoms with Gasteiger partial charge in [0.1, 0.15) is 18.1 Å². The molecule has 2 fully saturated rings. The van der Waals surface area contributed by atoms with E-state index in [1.54, 1.807) is 7.11 Å². The van der Waals surface area contributed by atoms with Crippen LogP contribution in [0.5, 0.6) is 11.5 Å². The maximum absolute atomic E-state index is 6.09. The van der Waals surface area contributed by atoms with Gasteiger partial charge in [0.2, 0.25) is 0 Å². The minimum atomic E-state index is 0.746. The average molecular weight is 557 g/mol. The molecule has 0 saturated carbocycles. The third kappa shape index (κ3) is 6.36. The van der Waals surface area contributed by atoms with Gasteiger partial charge in [-0.05, 0) is 103 Å². The van der Waals surface area contributed by atoms with Crippen LogP contribution in [0.4, 0.5) is 0 Å². The van der Waals surface area contributed by atoms with Crippen LogP contribution in [-0.2, 0) is 17.7 Å². The van der Waals surface area contributed by atoms with Crippen molar-refractivity contribution >= 4 is 21.4 Å². The summed E-state index contributed by atoms with van der Waals surface area (Å²) in [6.45, 7) is 10.8. The Bertz CT molecular complexity index is 1420. The van der Waals surface area contributed by atoms with Crippen LogP contribution in [0.15, 0.2) is 60.7 Å². The SMILES string of the molecule is COc1cc(Cc2c(-c3ccc(OCCN4CCCC4)cc3)sc3cc(C)ccc23)ccc1CN1CCOCC1. The highest BCUT2D eigenvalue weighted by atomic mass is 32.1. The summed E-state index contributed by atoms with van der Waals surface area (Å²) >= 11 is 1.89. The lowest BCUT2D eigenvalue weighted by Gasteiger charge is -2.27. The summed E-state index contributed by atoms with van der Waals surface area (Å²) in [6.07, 6.45) is 3.49. The largest absolute Gasteiger partial charge is 0.496 e. The highest BCUT2D eigenvalue weighted by molar-refractivity contribution is 7.22. The van der Waals surface area contributed by atoms with Crippen molar-refractivity contribution in [2.75, 3.05) is 59.7 Å². The fourth-order valence-electron chi connectivity index (χ4n) is 5.90. The standard InChI is InChI=1S/C34H40N2O3S/c1-25-5-12-30-31(22-26-6-7-28(32(23-26)37-2)24-36-15-18-38-19-16-36)34(40-33(30)21-25)27-8-10-29(11-9-27)39-20-17-35-13-3-4-14-35/h5-12,21,23H,3-4,13-20,22,24H2,1-2H3. The van der Waals surface area contributed by atoms with Crippen LogP contribution in [0.2, 0.25) is 0 Å². The van der Waals surface area contributed by atoms with Crippen molar-refractivity contribution in [3.05, 3.63) is 82.9 Å². The molecule has 0 amide bonds. The molecule has 210 valence electrons. The maximum atomic E-state index is 6.09. The number of rotatable bonds is 10. The summed E-state index contributed by atoms with van der Waals surface area (Å²) in [5.41, 5.74) is 6.43. The van der Waals surface area contributed by atoms with E-state index >= 15 is 0 Å². The number of likely N-dealkylation sites (tertiary alicyclic amines) is 1. The van der Waals surface area contributed by atoms with Crippen LogP contribution in [0.25, 0.3) is 20.5 Å². The van der Waals surface area contributed by atoms with Crippen LogP contribution in [0, 0.1) is 6.92 Å². The second-order valence-corrected chi connectivity index (χ2v) is 12.1. The Morgan fingerprint density at radius 2 is 1.68 bits per heavy atom. The molecular weight excluding hydrogens is 516 g/mol. The molecular formula is C34H40N2O3S. The first-order valence-electron chi connectivity index (χ1n) is 14.6. The fourth-order valence-corrected chi connectivity index (χ4v) is 7.23. The summed E-state index contributed by atoms with van der Waals surface area (Å²) < 4.78 is 18.8. The van der Waals surface area contributed by atoms with E-state index < -0.39 is 0 Å². The Morgan fingerprint density at radius 3 is 2.45 bits per heavy atom.